The number of carbonyl (C=O) groups is 1. The molecule has 26 heavy (non-hydrogen) atoms. The number of phenolic OH excluding ortho intramolecular Hbond substituents is 1. The van der Waals surface area contributed by atoms with Crippen molar-refractivity contribution in [3.8, 4) is 17.0 Å². The minimum atomic E-state index is -0.469. The number of nitrogens with one attached hydrogen (secondary N) is 2. The second kappa shape index (κ2) is 7.59. The fraction of sp³-hybridized carbons (Fsp3) is 0.0556. The number of aromatic hydroxyl groups is 1. The monoisotopic (exact) mass is 388 g/mol. The van der Waals surface area contributed by atoms with Crippen LogP contribution in [0.15, 0.2) is 53.6 Å². The van der Waals surface area contributed by atoms with Crippen LogP contribution in [-0.2, 0) is 0 Å². The number of benzene rings is 2. The maximum atomic E-state index is 12.2. The molecule has 0 aliphatic rings. The van der Waals surface area contributed by atoms with Crippen LogP contribution in [0, 0.1) is 0 Å². The SMILES string of the molecule is C/C(=N\NC(=O)c1cc(-c2ccc(Cl)cc2Cl)n[nH]1)c1ccccc1O. The maximum Gasteiger partial charge on any atom is 0.289 e. The number of nitrogens with zero attached hydrogens (tertiary/aromatic N) is 2. The zero-order valence-corrected chi connectivity index (χ0v) is 15.1. The molecule has 0 aliphatic heterocycles. The number of H-pyrrole nitrogens is 1. The molecule has 0 bridgehead atoms. The molecular formula is C18H14Cl2N4O2. The van der Waals surface area contributed by atoms with Crippen molar-refractivity contribution >= 4 is 34.8 Å². The van der Waals surface area contributed by atoms with Crippen LogP contribution in [0.25, 0.3) is 11.3 Å². The molecule has 6 nitrogen and oxygen atoms in total. The normalized spacial score (nSPS) is 11.4. The number of carbonyl (C=O) groups excluding carboxylic acids is 1. The zero-order valence-electron chi connectivity index (χ0n) is 13.6. The molecule has 2 aromatic carbocycles. The Kier molecular flexibility index (Phi) is 5.25. The number of aromatic nitrogens is 2. The molecule has 1 amide bonds. The highest BCUT2D eigenvalue weighted by atomic mass is 35.5. The van der Waals surface area contributed by atoms with Crippen LogP contribution < -0.4 is 5.43 Å². The first kappa shape index (κ1) is 18.0. The third-order valence-electron chi connectivity index (χ3n) is 3.65. The Bertz CT molecular complexity index is 998. The fourth-order valence-corrected chi connectivity index (χ4v) is 2.81. The Labute approximate surface area is 159 Å². The summed E-state index contributed by atoms with van der Waals surface area (Å²) in [6.45, 7) is 1.68. The van der Waals surface area contributed by atoms with Gasteiger partial charge in [0.1, 0.15) is 11.4 Å². The standard InChI is InChI=1S/C18H14Cl2N4O2/c1-10(12-4-2-3-5-17(12)25)21-24-18(26)16-9-15(22-23-16)13-7-6-11(19)8-14(13)20/h2-9,25H,1H3,(H,22,23)(H,24,26)/b21-10+. The number of hydrogen-bond acceptors (Lipinski definition) is 4. The molecule has 1 aromatic heterocycles. The number of hydrogen-bond donors (Lipinski definition) is 3. The molecule has 3 aromatic rings. The number of para-hydroxylation sites is 1. The smallest absolute Gasteiger partial charge is 0.289 e. The van der Waals surface area contributed by atoms with Gasteiger partial charge in [-0.25, -0.2) is 5.43 Å². The predicted molar refractivity (Wildman–Crippen MR) is 102 cm³/mol. The minimum Gasteiger partial charge on any atom is -0.507 e. The van der Waals surface area contributed by atoms with Crippen LogP contribution in [0.1, 0.15) is 23.0 Å². The summed E-state index contributed by atoms with van der Waals surface area (Å²) < 4.78 is 0. The van der Waals surface area contributed by atoms with Crippen molar-refractivity contribution in [2.24, 2.45) is 5.10 Å². The van der Waals surface area contributed by atoms with E-state index in [-0.39, 0.29) is 11.4 Å². The predicted octanol–water partition coefficient (Wildman–Crippen LogP) is 4.24. The van der Waals surface area contributed by atoms with Gasteiger partial charge in [-0.3, -0.25) is 9.89 Å². The highest BCUT2D eigenvalue weighted by Crippen LogP contribution is 2.29. The average molecular weight is 389 g/mol. The van der Waals surface area contributed by atoms with Gasteiger partial charge in [0, 0.05) is 16.1 Å². The van der Waals surface area contributed by atoms with Crippen LogP contribution in [0.3, 0.4) is 0 Å². The Morgan fingerprint density at radius 2 is 1.96 bits per heavy atom. The molecule has 0 fully saturated rings. The van der Waals surface area contributed by atoms with E-state index in [1.165, 1.54) is 0 Å². The number of aromatic amines is 1. The second-order valence-electron chi connectivity index (χ2n) is 5.45. The number of rotatable bonds is 4. The lowest BCUT2D eigenvalue weighted by atomic mass is 10.1. The highest BCUT2D eigenvalue weighted by molar-refractivity contribution is 6.36. The van der Waals surface area contributed by atoms with E-state index in [0.29, 0.717) is 32.6 Å². The quantitative estimate of drug-likeness (QED) is 0.460. The van der Waals surface area contributed by atoms with E-state index in [0.717, 1.165) is 0 Å². The molecule has 1 heterocycles. The van der Waals surface area contributed by atoms with Crippen molar-refractivity contribution in [2.45, 2.75) is 6.92 Å². The maximum absolute atomic E-state index is 12.2. The third-order valence-corrected chi connectivity index (χ3v) is 4.20. The first-order chi connectivity index (χ1) is 12.5. The Morgan fingerprint density at radius 1 is 1.19 bits per heavy atom. The molecule has 8 heteroatoms. The summed E-state index contributed by atoms with van der Waals surface area (Å²) in [5.41, 5.74) is 4.82. The van der Waals surface area contributed by atoms with Gasteiger partial charge in [0.25, 0.3) is 5.91 Å². The molecule has 0 spiro atoms. The van der Waals surface area contributed by atoms with Crippen LogP contribution in [0.2, 0.25) is 10.0 Å². The minimum absolute atomic E-state index is 0.0872. The lowest BCUT2D eigenvalue weighted by molar-refractivity contribution is 0.0950. The van der Waals surface area contributed by atoms with Crippen molar-refractivity contribution in [2.75, 3.05) is 0 Å². The molecule has 0 saturated carbocycles. The van der Waals surface area contributed by atoms with Crippen LogP contribution in [0.5, 0.6) is 5.75 Å². The van der Waals surface area contributed by atoms with Gasteiger partial charge in [0.15, 0.2) is 0 Å². The van der Waals surface area contributed by atoms with E-state index in [1.807, 2.05) is 0 Å². The summed E-state index contributed by atoms with van der Waals surface area (Å²) in [5, 5.41) is 21.5. The zero-order chi connectivity index (χ0) is 18.7. The molecular weight excluding hydrogens is 375 g/mol. The number of phenols is 1. The van der Waals surface area contributed by atoms with Gasteiger partial charge in [-0.05, 0) is 43.3 Å². The molecule has 132 valence electrons. The van der Waals surface area contributed by atoms with Crippen LogP contribution in [0.4, 0.5) is 0 Å². The summed E-state index contributed by atoms with van der Waals surface area (Å²) in [6.07, 6.45) is 0. The van der Waals surface area contributed by atoms with Gasteiger partial charge in [-0.2, -0.15) is 10.2 Å². The number of amides is 1. The van der Waals surface area contributed by atoms with Crippen LogP contribution >= 0.6 is 23.2 Å². The van der Waals surface area contributed by atoms with Crippen molar-refractivity contribution in [1.82, 2.24) is 15.6 Å². The molecule has 3 rings (SSSR count). The highest BCUT2D eigenvalue weighted by Gasteiger charge is 2.13. The summed E-state index contributed by atoms with van der Waals surface area (Å²) in [4.78, 5) is 12.2. The van der Waals surface area contributed by atoms with E-state index in [4.69, 9.17) is 23.2 Å². The largest absolute Gasteiger partial charge is 0.507 e. The van der Waals surface area contributed by atoms with Gasteiger partial charge in [-0.15, -0.1) is 0 Å². The molecule has 3 N–H and O–H groups in total. The number of hydrazone groups is 1. The van der Waals surface area contributed by atoms with E-state index in [1.54, 1.807) is 55.5 Å². The van der Waals surface area contributed by atoms with Crippen molar-refractivity contribution in [1.29, 1.82) is 0 Å². The van der Waals surface area contributed by atoms with Crippen molar-refractivity contribution in [3.63, 3.8) is 0 Å². The molecule has 0 unspecified atom stereocenters. The number of halogens is 2. The van der Waals surface area contributed by atoms with Gasteiger partial charge in [0.2, 0.25) is 0 Å². The molecule has 0 radical (unpaired) electrons. The van der Waals surface area contributed by atoms with E-state index < -0.39 is 5.91 Å². The average Bonchev–Trinajstić information content (AvgIpc) is 3.09. The summed E-state index contributed by atoms with van der Waals surface area (Å²) in [5.74, 6) is -0.382. The fourth-order valence-electron chi connectivity index (χ4n) is 2.31. The molecule has 0 saturated heterocycles. The summed E-state index contributed by atoms with van der Waals surface area (Å²) >= 11 is 12.0. The van der Waals surface area contributed by atoms with Crippen molar-refractivity contribution < 1.29 is 9.90 Å². The van der Waals surface area contributed by atoms with Crippen LogP contribution in [-0.4, -0.2) is 26.9 Å². The van der Waals surface area contributed by atoms with E-state index >= 15 is 0 Å². The second-order valence-corrected chi connectivity index (χ2v) is 6.29. The van der Waals surface area contributed by atoms with Gasteiger partial charge >= 0.3 is 0 Å². The topological polar surface area (TPSA) is 90.4 Å². The molecule has 0 atom stereocenters. The summed E-state index contributed by atoms with van der Waals surface area (Å²) in [7, 11) is 0. The lowest BCUT2D eigenvalue weighted by Gasteiger charge is -2.03. The Balaban J connectivity index is 1.76. The first-order valence-electron chi connectivity index (χ1n) is 7.59. The van der Waals surface area contributed by atoms with E-state index in [9.17, 15) is 9.90 Å². The van der Waals surface area contributed by atoms with Gasteiger partial charge < -0.3 is 5.11 Å². The summed E-state index contributed by atoms with van der Waals surface area (Å²) in [6, 6.07) is 13.3. The lowest BCUT2D eigenvalue weighted by Crippen LogP contribution is -2.19. The van der Waals surface area contributed by atoms with Crippen molar-refractivity contribution in [3.05, 3.63) is 69.8 Å². The van der Waals surface area contributed by atoms with Gasteiger partial charge in [-0.1, -0.05) is 35.3 Å². The Hall–Kier alpha value is -2.83. The van der Waals surface area contributed by atoms with E-state index in [2.05, 4.69) is 20.7 Å². The Morgan fingerprint density at radius 3 is 2.69 bits per heavy atom. The first-order valence-corrected chi connectivity index (χ1v) is 8.35. The molecule has 0 aliphatic carbocycles. The van der Waals surface area contributed by atoms with Gasteiger partial charge in [0.05, 0.1) is 16.4 Å². The third kappa shape index (κ3) is 3.87.